The lowest BCUT2D eigenvalue weighted by atomic mass is 10.0. The van der Waals surface area contributed by atoms with Crippen LogP contribution in [0.3, 0.4) is 0 Å². The van der Waals surface area contributed by atoms with Crippen molar-refractivity contribution in [3.05, 3.63) is 15.9 Å². The highest BCUT2D eigenvalue weighted by atomic mass is 79.9. The summed E-state index contributed by atoms with van der Waals surface area (Å²) in [7, 11) is 0. The number of likely N-dealkylation sites (N-methyl/N-ethyl adjacent to an activating group) is 1. The van der Waals surface area contributed by atoms with Crippen LogP contribution < -0.4 is 5.32 Å². The van der Waals surface area contributed by atoms with Gasteiger partial charge < -0.3 is 5.32 Å². The minimum atomic E-state index is 0.626. The molecule has 0 bridgehead atoms. The molecule has 1 heterocycles. The van der Waals surface area contributed by atoms with Crippen LogP contribution >= 0.6 is 15.9 Å². The Bertz CT molecular complexity index is 484. The first-order chi connectivity index (χ1) is 10.2. The number of nitrogens with zero attached hydrogens (tertiary/aromatic N) is 2. The highest BCUT2D eigenvalue weighted by molar-refractivity contribution is 9.10. The molecule has 0 aliphatic heterocycles. The molecule has 4 heteroatoms. The van der Waals surface area contributed by atoms with Gasteiger partial charge in [0.05, 0.1) is 15.9 Å². The van der Waals surface area contributed by atoms with E-state index in [1.807, 2.05) is 0 Å². The third-order valence-corrected chi connectivity index (χ3v) is 6.55. The minimum Gasteiger partial charge on any atom is -0.314 e. The fourth-order valence-corrected chi connectivity index (χ4v) is 4.97. The fraction of sp³-hybridized carbons (Fsp3) is 0.824. The molecule has 3 unspecified atom stereocenters. The number of hydrogen-bond acceptors (Lipinski definition) is 2. The Labute approximate surface area is 137 Å². The first-order valence-electron chi connectivity index (χ1n) is 8.62. The zero-order valence-corrected chi connectivity index (χ0v) is 15.1. The Hall–Kier alpha value is -0.350. The second kappa shape index (κ2) is 6.41. The number of hydrogen-bond donors (Lipinski definition) is 1. The molecule has 3 nitrogen and oxygen atoms in total. The first-order valence-corrected chi connectivity index (χ1v) is 9.41. The van der Waals surface area contributed by atoms with E-state index >= 15 is 0 Å². The van der Waals surface area contributed by atoms with Gasteiger partial charge >= 0.3 is 0 Å². The summed E-state index contributed by atoms with van der Waals surface area (Å²) in [6, 6.07) is 0.626. The van der Waals surface area contributed by atoms with Gasteiger partial charge in [-0.3, -0.25) is 4.68 Å². The van der Waals surface area contributed by atoms with Crippen molar-refractivity contribution in [1.82, 2.24) is 15.1 Å². The molecule has 1 N–H and O–H groups in total. The maximum atomic E-state index is 4.65. The van der Waals surface area contributed by atoms with Crippen molar-refractivity contribution in [2.75, 3.05) is 6.54 Å². The Kier molecular flexibility index (Phi) is 4.75. The van der Waals surface area contributed by atoms with Gasteiger partial charge in [-0.05, 0) is 66.9 Å². The lowest BCUT2D eigenvalue weighted by Gasteiger charge is -2.19. The van der Waals surface area contributed by atoms with Crippen molar-refractivity contribution < 1.29 is 0 Å². The van der Waals surface area contributed by atoms with Gasteiger partial charge in [-0.25, -0.2) is 0 Å². The van der Waals surface area contributed by atoms with Crippen LogP contribution in [0.2, 0.25) is 0 Å². The average molecular weight is 354 g/mol. The van der Waals surface area contributed by atoms with Crippen LogP contribution in [0.25, 0.3) is 0 Å². The van der Waals surface area contributed by atoms with Crippen LogP contribution in [0.1, 0.15) is 50.9 Å². The van der Waals surface area contributed by atoms with Gasteiger partial charge in [-0.1, -0.05) is 19.8 Å². The topological polar surface area (TPSA) is 29.9 Å². The lowest BCUT2D eigenvalue weighted by Crippen LogP contribution is -2.35. The van der Waals surface area contributed by atoms with Crippen LogP contribution in [0.5, 0.6) is 0 Å². The summed E-state index contributed by atoms with van der Waals surface area (Å²) in [4.78, 5) is 0. The van der Waals surface area contributed by atoms with E-state index in [0.29, 0.717) is 6.04 Å². The predicted molar refractivity (Wildman–Crippen MR) is 90.4 cm³/mol. The van der Waals surface area contributed by atoms with Gasteiger partial charge in [-0.15, -0.1) is 0 Å². The van der Waals surface area contributed by atoms with E-state index in [-0.39, 0.29) is 0 Å². The van der Waals surface area contributed by atoms with E-state index in [1.54, 1.807) is 0 Å². The predicted octanol–water partition coefficient (Wildman–Crippen LogP) is 3.93. The normalized spacial score (nSPS) is 29.2. The number of aromatic nitrogens is 2. The molecule has 2 aliphatic carbocycles. The third-order valence-electron chi connectivity index (χ3n) is 5.52. The molecular formula is C17H28BrN3. The Morgan fingerprint density at radius 2 is 1.95 bits per heavy atom. The molecule has 3 rings (SSSR count). The van der Waals surface area contributed by atoms with Crippen molar-refractivity contribution in [3.8, 4) is 0 Å². The van der Waals surface area contributed by atoms with Crippen molar-refractivity contribution in [1.29, 1.82) is 0 Å². The SMILES string of the molecule is CCNC(Cc1c(Br)c(C)nn1CC)C1C2CCCCC21. The van der Waals surface area contributed by atoms with Gasteiger partial charge in [0.1, 0.15) is 0 Å². The van der Waals surface area contributed by atoms with Gasteiger partial charge in [-0.2, -0.15) is 5.10 Å². The molecular weight excluding hydrogens is 326 g/mol. The number of rotatable bonds is 6. The molecule has 2 fully saturated rings. The molecule has 2 aliphatic rings. The first kappa shape index (κ1) is 15.5. The van der Waals surface area contributed by atoms with Gasteiger partial charge in [0, 0.05) is 19.0 Å². The van der Waals surface area contributed by atoms with Crippen LogP contribution in [0.4, 0.5) is 0 Å². The van der Waals surface area contributed by atoms with E-state index in [1.165, 1.54) is 35.8 Å². The van der Waals surface area contributed by atoms with E-state index < -0.39 is 0 Å². The quantitative estimate of drug-likeness (QED) is 0.839. The average Bonchev–Trinajstić information content (AvgIpc) is 3.16. The molecule has 21 heavy (non-hydrogen) atoms. The van der Waals surface area contributed by atoms with Gasteiger partial charge in [0.25, 0.3) is 0 Å². The zero-order chi connectivity index (χ0) is 15.0. The Balaban J connectivity index is 1.77. The van der Waals surface area contributed by atoms with Crippen molar-refractivity contribution >= 4 is 15.9 Å². The zero-order valence-electron chi connectivity index (χ0n) is 13.5. The molecule has 1 aromatic heterocycles. The standard InChI is InChI=1S/C17H28BrN3/c1-4-19-14(16-12-8-6-7-9-13(12)16)10-15-17(18)11(3)20-21(15)5-2/h12-14,16,19H,4-10H2,1-3H3. The molecule has 0 radical (unpaired) electrons. The molecule has 0 aromatic carbocycles. The van der Waals surface area contributed by atoms with E-state index in [9.17, 15) is 0 Å². The van der Waals surface area contributed by atoms with Crippen LogP contribution in [-0.2, 0) is 13.0 Å². The number of aryl methyl sites for hydroxylation is 2. The minimum absolute atomic E-state index is 0.626. The van der Waals surface area contributed by atoms with Crippen molar-refractivity contribution in [2.45, 2.75) is 65.5 Å². The summed E-state index contributed by atoms with van der Waals surface area (Å²) >= 11 is 3.76. The lowest BCUT2D eigenvalue weighted by molar-refractivity contribution is 0.424. The van der Waals surface area contributed by atoms with E-state index in [2.05, 4.69) is 51.8 Å². The van der Waals surface area contributed by atoms with E-state index in [4.69, 9.17) is 0 Å². The molecule has 3 atom stereocenters. The number of fused-ring (bicyclic) bond motifs is 1. The fourth-order valence-electron chi connectivity index (χ4n) is 4.52. The third kappa shape index (κ3) is 2.94. The second-order valence-electron chi connectivity index (χ2n) is 6.72. The monoisotopic (exact) mass is 353 g/mol. The molecule has 0 spiro atoms. The molecule has 1 aromatic rings. The summed E-state index contributed by atoms with van der Waals surface area (Å²) in [5.74, 6) is 2.90. The van der Waals surface area contributed by atoms with Crippen LogP contribution in [-0.4, -0.2) is 22.4 Å². The molecule has 0 saturated heterocycles. The number of nitrogens with one attached hydrogen (secondary N) is 1. The summed E-state index contributed by atoms with van der Waals surface area (Å²) in [6.45, 7) is 8.53. The van der Waals surface area contributed by atoms with Crippen LogP contribution in [0.15, 0.2) is 4.47 Å². The Morgan fingerprint density at radius 3 is 2.52 bits per heavy atom. The molecule has 118 valence electrons. The van der Waals surface area contributed by atoms with Gasteiger partial charge in [0.2, 0.25) is 0 Å². The molecule has 2 saturated carbocycles. The maximum absolute atomic E-state index is 4.65. The highest BCUT2D eigenvalue weighted by Gasteiger charge is 2.53. The number of halogens is 1. The second-order valence-corrected chi connectivity index (χ2v) is 7.51. The summed E-state index contributed by atoms with van der Waals surface area (Å²) in [5.41, 5.74) is 2.50. The van der Waals surface area contributed by atoms with Crippen molar-refractivity contribution in [3.63, 3.8) is 0 Å². The van der Waals surface area contributed by atoms with E-state index in [0.717, 1.165) is 43.0 Å². The van der Waals surface area contributed by atoms with Crippen LogP contribution in [0, 0.1) is 24.7 Å². The Morgan fingerprint density at radius 1 is 1.29 bits per heavy atom. The summed E-state index contributed by atoms with van der Waals surface area (Å²) in [5, 5.41) is 8.43. The largest absolute Gasteiger partial charge is 0.314 e. The summed E-state index contributed by atoms with van der Waals surface area (Å²) < 4.78 is 3.39. The highest BCUT2D eigenvalue weighted by Crippen LogP contribution is 2.57. The van der Waals surface area contributed by atoms with Gasteiger partial charge in [0.15, 0.2) is 0 Å². The molecule has 0 amide bonds. The summed E-state index contributed by atoms with van der Waals surface area (Å²) in [6.07, 6.45) is 6.94. The smallest absolute Gasteiger partial charge is 0.0738 e. The maximum Gasteiger partial charge on any atom is 0.0738 e. The van der Waals surface area contributed by atoms with Crippen molar-refractivity contribution in [2.24, 2.45) is 17.8 Å².